The maximum atomic E-state index is 3.41. The van der Waals surface area contributed by atoms with Gasteiger partial charge in [-0.2, -0.15) is 0 Å². The number of hydrogen-bond donors (Lipinski definition) is 1. The van der Waals surface area contributed by atoms with Crippen LogP contribution in [0.1, 0.15) is 29.6 Å². The molecule has 1 unspecified atom stereocenters. The molecular weight excluding hydrogens is 254 g/mol. The van der Waals surface area contributed by atoms with Gasteiger partial charge in [0.1, 0.15) is 0 Å². The summed E-state index contributed by atoms with van der Waals surface area (Å²) >= 11 is 1.97. The molecule has 1 saturated heterocycles. The standard InChI is InChI=1S/C15H27N3S/c1-4-14-5-6-15(19-14)13(2)17(3)11-12-18-9-7-16-8-10-18/h5-6,13,16H,4,7-12H2,1-3H3. The van der Waals surface area contributed by atoms with Crippen molar-refractivity contribution in [1.29, 1.82) is 0 Å². The van der Waals surface area contributed by atoms with E-state index in [9.17, 15) is 0 Å². The Balaban J connectivity index is 1.79. The first-order valence-electron chi connectivity index (χ1n) is 7.42. The molecule has 0 radical (unpaired) electrons. The van der Waals surface area contributed by atoms with Crippen LogP contribution in [0.4, 0.5) is 0 Å². The van der Waals surface area contributed by atoms with E-state index >= 15 is 0 Å². The number of rotatable bonds is 6. The first-order valence-corrected chi connectivity index (χ1v) is 8.24. The van der Waals surface area contributed by atoms with E-state index in [0.29, 0.717) is 6.04 Å². The molecule has 1 aromatic rings. The second-order valence-electron chi connectivity index (χ2n) is 5.41. The van der Waals surface area contributed by atoms with Crippen molar-refractivity contribution in [3.63, 3.8) is 0 Å². The molecule has 1 aliphatic heterocycles. The largest absolute Gasteiger partial charge is 0.314 e. The minimum absolute atomic E-state index is 0.535. The fourth-order valence-corrected chi connectivity index (χ4v) is 3.52. The van der Waals surface area contributed by atoms with Gasteiger partial charge in [-0.25, -0.2) is 0 Å². The zero-order valence-corrected chi connectivity index (χ0v) is 13.3. The van der Waals surface area contributed by atoms with E-state index in [1.54, 1.807) is 0 Å². The molecule has 1 fully saturated rings. The molecule has 1 atom stereocenters. The second kappa shape index (κ2) is 7.39. The van der Waals surface area contributed by atoms with E-state index in [-0.39, 0.29) is 0 Å². The topological polar surface area (TPSA) is 18.5 Å². The molecule has 0 aromatic carbocycles. The quantitative estimate of drug-likeness (QED) is 0.862. The van der Waals surface area contributed by atoms with Gasteiger partial charge in [0.25, 0.3) is 0 Å². The molecule has 0 aliphatic carbocycles. The fraction of sp³-hybridized carbons (Fsp3) is 0.733. The Morgan fingerprint density at radius 2 is 2.11 bits per heavy atom. The number of hydrogen-bond acceptors (Lipinski definition) is 4. The fourth-order valence-electron chi connectivity index (χ4n) is 2.45. The van der Waals surface area contributed by atoms with E-state index in [1.165, 1.54) is 29.4 Å². The third-order valence-corrected chi connectivity index (χ3v) is 5.48. The van der Waals surface area contributed by atoms with E-state index in [4.69, 9.17) is 0 Å². The van der Waals surface area contributed by atoms with Gasteiger partial charge in [0.15, 0.2) is 0 Å². The van der Waals surface area contributed by atoms with Crippen LogP contribution in [0.5, 0.6) is 0 Å². The molecule has 2 rings (SSSR count). The number of nitrogens with one attached hydrogen (secondary N) is 1. The van der Waals surface area contributed by atoms with E-state index in [0.717, 1.165) is 26.1 Å². The molecule has 0 spiro atoms. The zero-order valence-electron chi connectivity index (χ0n) is 12.5. The van der Waals surface area contributed by atoms with Crippen LogP contribution < -0.4 is 5.32 Å². The Morgan fingerprint density at radius 1 is 1.37 bits per heavy atom. The lowest BCUT2D eigenvalue weighted by atomic mass is 10.2. The van der Waals surface area contributed by atoms with Crippen LogP contribution in [0.2, 0.25) is 0 Å². The highest BCUT2D eigenvalue weighted by Crippen LogP contribution is 2.26. The van der Waals surface area contributed by atoms with Crippen LogP contribution in [-0.4, -0.2) is 56.1 Å². The van der Waals surface area contributed by atoms with Crippen LogP contribution in [-0.2, 0) is 6.42 Å². The smallest absolute Gasteiger partial charge is 0.0410 e. The molecule has 1 N–H and O–H groups in total. The maximum absolute atomic E-state index is 3.41. The highest BCUT2D eigenvalue weighted by atomic mass is 32.1. The van der Waals surface area contributed by atoms with Crippen molar-refractivity contribution in [2.24, 2.45) is 0 Å². The summed E-state index contributed by atoms with van der Waals surface area (Å²) < 4.78 is 0. The average molecular weight is 281 g/mol. The molecule has 0 bridgehead atoms. The van der Waals surface area contributed by atoms with Gasteiger partial charge in [0.05, 0.1) is 0 Å². The van der Waals surface area contributed by atoms with Gasteiger partial charge < -0.3 is 5.32 Å². The lowest BCUT2D eigenvalue weighted by molar-refractivity contribution is 0.184. The molecule has 4 heteroatoms. The molecule has 1 aliphatic rings. The predicted octanol–water partition coefficient (Wildman–Crippen LogP) is 2.21. The Hall–Kier alpha value is -0.420. The van der Waals surface area contributed by atoms with Crippen LogP contribution in [0.3, 0.4) is 0 Å². The SMILES string of the molecule is CCc1ccc(C(C)N(C)CCN2CCNCC2)s1. The van der Waals surface area contributed by atoms with E-state index < -0.39 is 0 Å². The lowest BCUT2D eigenvalue weighted by Gasteiger charge is -2.31. The van der Waals surface area contributed by atoms with Gasteiger partial charge in [0, 0.05) is 55.1 Å². The number of aryl methyl sites for hydroxylation is 1. The van der Waals surface area contributed by atoms with Gasteiger partial charge in [0.2, 0.25) is 0 Å². The molecule has 2 heterocycles. The second-order valence-corrected chi connectivity index (χ2v) is 6.61. The maximum Gasteiger partial charge on any atom is 0.0410 e. The molecule has 108 valence electrons. The van der Waals surface area contributed by atoms with Crippen molar-refractivity contribution in [3.8, 4) is 0 Å². The van der Waals surface area contributed by atoms with Gasteiger partial charge >= 0.3 is 0 Å². The van der Waals surface area contributed by atoms with Crippen LogP contribution >= 0.6 is 11.3 Å². The Labute approximate surface area is 121 Å². The van der Waals surface area contributed by atoms with Gasteiger partial charge in [-0.15, -0.1) is 11.3 Å². The van der Waals surface area contributed by atoms with Crippen molar-refractivity contribution < 1.29 is 0 Å². The first-order chi connectivity index (χ1) is 9.20. The first kappa shape index (κ1) is 15.0. The molecule has 19 heavy (non-hydrogen) atoms. The molecule has 0 amide bonds. The molecular formula is C15H27N3S. The Morgan fingerprint density at radius 3 is 2.74 bits per heavy atom. The van der Waals surface area contributed by atoms with Crippen LogP contribution in [0.25, 0.3) is 0 Å². The van der Waals surface area contributed by atoms with Crippen molar-refractivity contribution in [2.75, 3.05) is 46.3 Å². The summed E-state index contributed by atoms with van der Waals surface area (Å²) in [5.74, 6) is 0. The summed E-state index contributed by atoms with van der Waals surface area (Å²) in [7, 11) is 2.25. The van der Waals surface area contributed by atoms with E-state index in [2.05, 4.69) is 48.1 Å². The molecule has 3 nitrogen and oxygen atoms in total. The average Bonchev–Trinajstić information content (AvgIpc) is 2.94. The zero-order chi connectivity index (χ0) is 13.7. The monoisotopic (exact) mass is 281 g/mol. The third kappa shape index (κ3) is 4.28. The summed E-state index contributed by atoms with van der Waals surface area (Å²) in [5.41, 5.74) is 0. The summed E-state index contributed by atoms with van der Waals surface area (Å²) in [5, 5.41) is 3.41. The minimum atomic E-state index is 0.535. The van der Waals surface area contributed by atoms with Crippen molar-refractivity contribution >= 4 is 11.3 Å². The van der Waals surface area contributed by atoms with Crippen molar-refractivity contribution in [1.82, 2.24) is 15.1 Å². The van der Waals surface area contributed by atoms with Gasteiger partial charge in [-0.1, -0.05) is 6.92 Å². The van der Waals surface area contributed by atoms with Crippen molar-refractivity contribution in [3.05, 3.63) is 21.9 Å². The van der Waals surface area contributed by atoms with Crippen molar-refractivity contribution in [2.45, 2.75) is 26.3 Å². The summed E-state index contributed by atoms with van der Waals surface area (Å²) in [4.78, 5) is 8.04. The van der Waals surface area contributed by atoms with Gasteiger partial charge in [-0.05, 0) is 32.5 Å². The van der Waals surface area contributed by atoms with Crippen LogP contribution in [0, 0.1) is 0 Å². The number of likely N-dealkylation sites (N-methyl/N-ethyl adjacent to an activating group) is 1. The lowest BCUT2D eigenvalue weighted by Crippen LogP contribution is -2.46. The highest BCUT2D eigenvalue weighted by Gasteiger charge is 2.15. The number of piperazine rings is 1. The summed E-state index contributed by atoms with van der Waals surface area (Å²) in [6.45, 7) is 11.6. The predicted molar refractivity (Wildman–Crippen MR) is 84.1 cm³/mol. The normalized spacial score (nSPS) is 18.9. The summed E-state index contributed by atoms with van der Waals surface area (Å²) in [6, 6.07) is 5.11. The third-order valence-electron chi connectivity index (χ3n) is 4.08. The van der Waals surface area contributed by atoms with Gasteiger partial charge in [-0.3, -0.25) is 9.80 Å². The highest BCUT2D eigenvalue weighted by molar-refractivity contribution is 7.12. The van der Waals surface area contributed by atoms with Crippen LogP contribution in [0.15, 0.2) is 12.1 Å². The number of nitrogens with zero attached hydrogens (tertiary/aromatic N) is 2. The summed E-state index contributed by atoms with van der Waals surface area (Å²) in [6.07, 6.45) is 1.15. The molecule has 1 aromatic heterocycles. The number of thiophene rings is 1. The Kier molecular flexibility index (Phi) is 5.82. The Bertz CT molecular complexity index is 371. The molecule has 0 saturated carbocycles. The van der Waals surface area contributed by atoms with E-state index in [1.807, 2.05) is 11.3 Å². The minimum Gasteiger partial charge on any atom is -0.314 e.